The van der Waals surface area contributed by atoms with Gasteiger partial charge in [0.2, 0.25) is 5.91 Å². The van der Waals surface area contributed by atoms with Crippen LogP contribution in [-0.2, 0) is 17.9 Å². The summed E-state index contributed by atoms with van der Waals surface area (Å²) in [5, 5.41) is 2.64. The number of carbonyl (C=O) groups excluding carboxylic acids is 1. The van der Waals surface area contributed by atoms with Crippen LogP contribution < -0.4 is 16.6 Å². The summed E-state index contributed by atoms with van der Waals surface area (Å²) in [7, 11) is 0. The lowest BCUT2D eigenvalue weighted by atomic mass is 10.4. The summed E-state index contributed by atoms with van der Waals surface area (Å²) in [6.07, 6.45) is 0.759. The van der Waals surface area contributed by atoms with Gasteiger partial charge in [0.1, 0.15) is 10.7 Å². The van der Waals surface area contributed by atoms with Gasteiger partial charge in [-0.1, -0.05) is 6.92 Å². The standard InChI is InChI=1S/C11H15N3O3S/c1-3-5-14-9-8(18-6-7(15)12-9)10(16)13(4-2)11(14)17/h3-6H2,1-2H3,(H,12,15). The number of nitrogens with zero attached hydrogens (tertiary/aromatic N) is 2. The molecule has 2 heterocycles. The highest BCUT2D eigenvalue weighted by atomic mass is 32.2. The van der Waals surface area contributed by atoms with Crippen molar-refractivity contribution >= 4 is 23.5 Å². The molecule has 1 aromatic rings. The molecule has 0 aliphatic carbocycles. The van der Waals surface area contributed by atoms with Crippen molar-refractivity contribution < 1.29 is 4.79 Å². The molecule has 0 unspecified atom stereocenters. The van der Waals surface area contributed by atoms with E-state index in [4.69, 9.17) is 0 Å². The third-order valence-electron chi connectivity index (χ3n) is 2.76. The van der Waals surface area contributed by atoms with E-state index in [1.807, 2.05) is 6.92 Å². The second kappa shape index (κ2) is 5.01. The van der Waals surface area contributed by atoms with Crippen molar-refractivity contribution in [1.29, 1.82) is 0 Å². The maximum absolute atomic E-state index is 12.2. The normalized spacial score (nSPS) is 14.2. The number of hydrogen-bond acceptors (Lipinski definition) is 4. The monoisotopic (exact) mass is 269 g/mol. The predicted molar refractivity (Wildman–Crippen MR) is 70.3 cm³/mol. The van der Waals surface area contributed by atoms with E-state index in [2.05, 4.69) is 5.32 Å². The first-order valence-electron chi connectivity index (χ1n) is 5.90. The van der Waals surface area contributed by atoms with Gasteiger partial charge in [-0.05, 0) is 13.3 Å². The molecule has 1 aliphatic rings. The van der Waals surface area contributed by atoms with Crippen molar-refractivity contribution in [3.8, 4) is 0 Å². The van der Waals surface area contributed by atoms with Crippen molar-refractivity contribution in [1.82, 2.24) is 9.13 Å². The van der Waals surface area contributed by atoms with Crippen LogP contribution in [0.5, 0.6) is 0 Å². The Hall–Kier alpha value is -1.50. The summed E-state index contributed by atoms with van der Waals surface area (Å²) in [6, 6.07) is 0. The molecule has 1 aliphatic heterocycles. The average Bonchev–Trinajstić information content (AvgIpc) is 2.35. The van der Waals surface area contributed by atoms with Gasteiger partial charge in [0.25, 0.3) is 5.56 Å². The van der Waals surface area contributed by atoms with E-state index in [-0.39, 0.29) is 22.9 Å². The Morgan fingerprint density at radius 2 is 1.94 bits per heavy atom. The molecule has 1 N–H and O–H groups in total. The molecule has 1 aromatic heterocycles. The molecule has 1 amide bonds. The zero-order chi connectivity index (χ0) is 13.3. The smallest absolute Gasteiger partial charge is 0.310 e. The van der Waals surface area contributed by atoms with Crippen LogP contribution in [0.25, 0.3) is 0 Å². The lowest BCUT2D eigenvalue weighted by molar-refractivity contribution is -0.114. The Kier molecular flexibility index (Phi) is 3.60. The molecule has 98 valence electrons. The maximum atomic E-state index is 12.2. The van der Waals surface area contributed by atoms with Crippen molar-refractivity contribution in [2.24, 2.45) is 0 Å². The molecule has 0 fully saturated rings. The largest absolute Gasteiger partial charge is 0.332 e. The number of aromatic nitrogens is 2. The fraction of sp³-hybridized carbons (Fsp3) is 0.545. The highest BCUT2D eigenvalue weighted by molar-refractivity contribution is 8.00. The summed E-state index contributed by atoms with van der Waals surface area (Å²) in [5.41, 5.74) is -0.666. The van der Waals surface area contributed by atoms with Crippen LogP contribution in [0.3, 0.4) is 0 Å². The van der Waals surface area contributed by atoms with Crippen LogP contribution in [-0.4, -0.2) is 20.8 Å². The second-order valence-electron chi connectivity index (χ2n) is 4.00. The fourth-order valence-electron chi connectivity index (χ4n) is 1.94. The number of hydrogen-bond donors (Lipinski definition) is 1. The second-order valence-corrected chi connectivity index (χ2v) is 4.98. The van der Waals surface area contributed by atoms with Gasteiger partial charge in [-0.15, -0.1) is 11.8 Å². The molecular weight excluding hydrogens is 254 g/mol. The molecule has 0 radical (unpaired) electrons. The van der Waals surface area contributed by atoms with Crippen LogP contribution in [0.4, 0.5) is 5.82 Å². The van der Waals surface area contributed by atoms with Crippen LogP contribution in [0.2, 0.25) is 0 Å². The van der Waals surface area contributed by atoms with Gasteiger partial charge in [-0.3, -0.25) is 18.7 Å². The van der Waals surface area contributed by atoms with E-state index < -0.39 is 0 Å². The van der Waals surface area contributed by atoms with Gasteiger partial charge in [0.15, 0.2) is 0 Å². The van der Waals surface area contributed by atoms with Gasteiger partial charge >= 0.3 is 5.69 Å². The molecule has 0 spiro atoms. The van der Waals surface area contributed by atoms with Crippen LogP contribution in [0, 0.1) is 0 Å². The van der Waals surface area contributed by atoms with Gasteiger partial charge in [0, 0.05) is 13.1 Å². The van der Waals surface area contributed by atoms with E-state index in [9.17, 15) is 14.4 Å². The van der Waals surface area contributed by atoms with Crippen molar-refractivity contribution in [2.75, 3.05) is 11.1 Å². The van der Waals surface area contributed by atoms with Gasteiger partial charge < -0.3 is 5.32 Å². The quantitative estimate of drug-likeness (QED) is 0.866. The summed E-state index contributed by atoms with van der Waals surface area (Å²) < 4.78 is 2.68. The fourth-order valence-corrected chi connectivity index (χ4v) is 2.82. The minimum absolute atomic E-state index is 0.176. The number of carbonyl (C=O) groups is 1. The molecular formula is C11H15N3O3S. The zero-order valence-corrected chi connectivity index (χ0v) is 11.2. The molecule has 7 heteroatoms. The molecule has 0 saturated carbocycles. The van der Waals surface area contributed by atoms with Crippen molar-refractivity contribution in [3.63, 3.8) is 0 Å². The van der Waals surface area contributed by atoms with Crippen LogP contribution in [0.15, 0.2) is 14.5 Å². The van der Waals surface area contributed by atoms with E-state index >= 15 is 0 Å². The van der Waals surface area contributed by atoms with Crippen molar-refractivity contribution in [3.05, 3.63) is 20.8 Å². The summed E-state index contributed by atoms with van der Waals surface area (Å²) in [4.78, 5) is 36.1. The molecule has 0 bridgehead atoms. The van der Waals surface area contributed by atoms with Crippen molar-refractivity contribution in [2.45, 2.75) is 38.3 Å². The summed E-state index contributed by atoms with van der Waals surface area (Å²) in [6.45, 7) is 4.53. The van der Waals surface area contributed by atoms with Crippen LogP contribution in [0.1, 0.15) is 20.3 Å². The minimum atomic E-state index is -0.356. The Labute approximate surface area is 108 Å². The SMILES string of the molecule is CCCn1c2c(c(=O)n(CC)c1=O)SCC(=O)N2. The first kappa shape index (κ1) is 12.9. The molecule has 0 aromatic carbocycles. The Balaban J connectivity index is 2.75. The molecule has 0 atom stereocenters. The number of anilines is 1. The van der Waals surface area contributed by atoms with Gasteiger partial charge in [-0.2, -0.15) is 0 Å². The number of amides is 1. The van der Waals surface area contributed by atoms with Gasteiger partial charge in [-0.25, -0.2) is 4.79 Å². The topological polar surface area (TPSA) is 73.1 Å². The Morgan fingerprint density at radius 1 is 1.22 bits per heavy atom. The van der Waals surface area contributed by atoms with E-state index in [1.54, 1.807) is 6.92 Å². The summed E-state index contributed by atoms with van der Waals surface area (Å²) >= 11 is 1.20. The van der Waals surface area contributed by atoms with Crippen LogP contribution >= 0.6 is 11.8 Å². The van der Waals surface area contributed by atoms with E-state index in [0.29, 0.717) is 23.8 Å². The Bertz CT molecular complexity index is 603. The maximum Gasteiger partial charge on any atom is 0.332 e. The average molecular weight is 269 g/mol. The highest BCUT2D eigenvalue weighted by Gasteiger charge is 2.24. The number of thioether (sulfide) groups is 1. The Morgan fingerprint density at radius 3 is 2.56 bits per heavy atom. The lowest BCUT2D eigenvalue weighted by Crippen LogP contribution is -2.43. The third kappa shape index (κ3) is 1.98. The molecule has 2 rings (SSSR count). The number of fused-ring (bicyclic) bond motifs is 1. The number of rotatable bonds is 3. The highest BCUT2D eigenvalue weighted by Crippen LogP contribution is 2.26. The van der Waals surface area contributed by atoms with E-state index in [1.165, 1.54) is 20.9 Å². The zero-order valence-electron chi connectivity index (χ0n) is 10.4. The lowest BCUT2D eigenvalue weighted by Gasteiger charge is -2.21. The summed E-state index contributed by atoms with van der Waals surface area (Å²) in [5.74, 6) is 0.402. The molecule has 6 nitrogen and oxygen atoms in total. The minimum Gasteiger partial charge on any atom is -0.310 e. The first-order valence-corrected chi connectivity index (χ1v) is 6.89. The molecule has 0 saturated heterocycles. The first-order chi connectivity index (χ1) is 8.60. The number of nitrogens with one attached hydrogen (secondary N) is 1. The van der Waals surface area contributed by atoms with E-state index in [0.717, 1.165) is 6.42 Å². The van der Waals surface area contributed by atoms with Gasteiger partial charge in [0.05, 0.1) is 5.75 Å². The molecule has 18 heavy (non-hydrogen) atoms. The predicted octanol–water partition coefficient (Wildman–Crippen LogP) is 0.484. The third-order valence-corrected chi connectivity index (χ3v) is 3.82.